The average molecular weight is 272 g/mol. The van der Waals surface area contributed by atoms with E-state index in [4.69, 9.17) is 5.73 Å². The zero-order valence-corrected chi connectivity index (χ0v) is 10.8. The van der Waals surface area contributed by atoms with Gasteiger partial charge in [0.1, 0.15) is 5.75 Å². The van der Waals surface area contributed by atoms with Gasteiger partial charge in [-0.05, 0) is 18.2 Å². The molecule has 100 valence electrons. The normalized spacial score (nSPS) is 11.2. The van der Waals surface area contributed by atoms with E-state index in [1.807, 2.05) is 0 Å². The first kappa shape index (κ1) is 14.3. The number of hydrogen-bond donors (Lipinski definition) is 3. The number of hydrogen-bond acceptors (Lipinski definition) is 5. The number of benzene rings is 1. The highest BCUT2D eigenvalue weighted by atomic mass is 32.2. The molecule has 1 rings (SSSR count). The van der Waals surface area contributed by atoms with Gasteiger partial charge in [-0.1, -0.05) is 6.92 Å². The first-order chi connectivity index (χ1) is 8.35. The molecule has 18 heavy (non-hydrogen) atoms. The van der Waals surface area contributed by atoms with Crippen LogP contribution in [0.15, 0.2) is 18.2 Å². The SMILES string of the molecule is CCS(=O)(=O)CCNC(=O)c1cc(O)ccc1N. The largest absolute Gasteiger partial charge is 0.508 e. The van der Waals surface area contributed by atoms with E-state index in [2.05, 4.69) is 5.32 Å². The second-order valence-electron chi connectivity index (χ2n) is 3.76. The van der Waals surface area contributed by atoms with Gasteiger partial charge < -0.3 is 16.2 Å². The molecular formula is C11H16N2O4S. The summed E-state index contributed by atoms with van der Waals surface area (Å²) in [5, 5.41) is 11.7. The predicted molar refractivity (Wildman–Crippen MR) is 69.2 cm³/mol. The van der Waals surface area contributed by atoms with Crippen LogP contribution in [-0.2, 0) is 9.84 Å². The number of nitrogens with one attached hydrogen (secondary N) is 1. The molecule has 0 fully saturated rings. The number of aromatic hydroxyl groups is 1. The maximum Gasteiger partial charge on any atom is 0.253 e. The molecule has 0 radical (unpaired) electrons. The quantitative estimate of drug-likeness (QED) is 0.521. The lowest BCUT2D eigenvalue weighted by molar-refractivity contribution is 0.0956. The van der Waals surface area contributed by atoms with Crippen molar-refractivity contribution in [2.45, 2.75) is 6.92 Å². The van der Waals surface area contributed by atoms with Gasteiger partial charge in [-0.25, -0.2) is 8.42 Å². The summed E-state index contributed by atoms with van der Waals surface area (Å²) < 4.78 is 22.4. The molecule has 0 heterocycles. The highest BCUT2D eigenvalue weighted by Crippen LogP contribution is 2.18. The number of phenolic OH excluding ortho intramolecular Hbond substituents is 1. The molecule has 0 bridgehead atoms. The Bertz CT molecular complexity index is 540. The molecule has 0 atom stereocenters. The second kappa shape index (κ2) is 5.72. The average Bonchev–Trinajstić information content (AvgIpc) is 2.32. The summed E-state index contributed by atoms with van der Waals surface area (Å²) in [7, 11) is -3.11. The fraction of sp³-hybridized carbons (Fsp3) is 0.364. The third-order valence-corrected chi connectivity index (χ3v) is 4.13. The van der Waals surface area contributed by atoms with E-state index < -0.39 is 15.7 Å². The summed E-state index contributed by atoms with van der Waals surface area (Å²) >= 11 is 0. The van der Waals surface area contributed by atoms with Crippen molar-refractivity contribution < 1.29 is 18.3 Å². The van der Waals surface area contributed by atoms with Gasteiger partial charge in [-0.2, -0.15) is 0 Å². The highest BCUT2D eigenvalue weighted by Gasteiger charge is 2.12. The Labute approximate surface area is 106 Å². The van der Waals surface area contributed by atoms with Crippen LogP contribution in [0, 0.1) is 0 Å². The van der Waals surface area contributed by atoms with Crippen LogP contribution in [0.2, 0.25) is 0 Å². The van der Waals surface area contributed by atoms with E-state index >= 15 is 0 Å². The summed E-state index contributed by atoms with van der Waals surface area (Å²) in [6.07, 6.45) is 0. The summed E-state index contributed by atoms with van der Waals surface area (Å²) in [6, 6.07) is 4.01. The molecule has 1 aromatic carbocycles. The van der Waals surface area contributed by atoms with Crippen molar-refractivity contribution >= 4 is 21.4 Å². The van der Waals surface area contributed by atoms with Gasteiger partial charge in [-0.15, -0.1) is 0 Å². The lowest BCUT2D eigenvalue weighted by Crippen LogP contribution is -2.30. The van der Waals surface area contributed by atoms with Crippen LogP contribution in [0.3, 0.4) is 0 Å². The fourth-order valence-corrected chi connectivity index (χ4v) is 2.00. The number of carbonyl (C=O) groups is 1. The molecule has 0 aliphatic carbocycles. The zero-order chi connectivity index (χ0) is 13.8. The van der Waals surface area contributed by atoms with Crippen molar-refractivity contribution in [1.82, 2.24) is 5.32 Å². The number of phenols is 1. The first-order valence-corrected chi connectivity index (χ1v) is 7.25. The van der Waals surface area contributed by atoms with E-state index in [1.165, 1.54) is 18.2 Å². The summed E-state index contributed by atoms with van der Waals surface area (Å²) in [6.45, 7) is 1.56. The molecule has 0 aliphatic heterocycles. The number of amides is 1. The Balaban J connectivity index is 2.64. The van der Waals surface area contributed by atoms with Crippen LogP contribution in [0.25, 0.3) is 0 Å². The van der Waals surface area contributed by atoms with Crippen molar-refractivity contribution in [2.75, 3.05) is 23.8 Å². The molecule has 4 N–H and O–H groups in total. The number of carbonyl (C=O) groups excluding carboxylic acids is 1. The van der Waals surface area contributed by atoms with Crippen LogP contribution < -0.4 is 11.1 Å². The Morgan fingerprint density at radius 3 is 2.72 bits per heavy atom. The van der Waals surface area contributed by atoms with Crippen molar-refractivity contribution in [3.63, 3.8) is 0 Å². The van der Waals surface area contributed by atoms with Crippen LogP contribution in [0.1, 0.15) is 17.3 Å². The lowest BCUT2D eigenvalue weighted by atomic mass is 10.1. The van der Waals surface area contributed by atoms with Gasteiger partial charge in [0.15, 0.2) is 9.84 Å². The Morgan fingerprint density at radius 1 is 1.44 bits per heavy atom. The number of rotatable bonds is 5. The van der Waals surface area contributed by atoms with Gasteiger partial charge in [0.05, 0.1) is 11.3 Å². The van der Waals surface area contributed by atoms with Crippen LogP contribution >= 0.6 is 0 Å². The summed E-state index contributed by atoms with van der Waals surface area (Å²) in [5.41, 5.74) is 5.94. The Kier molecular flexibility index (Phi) is 4.55. The lowest BCUT2D eigenvalue weighted by Gasteiger charge is -2.07. The smallest absolute Gasteiger partial charge is 0.253 e. The molecule has 7 heteroatoms. The van der Waals surface area contributed by atoms with Crippen molar-refractivity contribution in [1.29, 1.82) is 0 Å². The van der Waals surface area contributed by atoms with Crippen LogP contribution in [0.4, 0.5) is 5.69 Å². The molecule has 0 unspecified atom stereocenters. The topological polar surface area (TPSA) is 109 Å². The van der Waals surface area contributed by atoms with Gasteiger partial charge in [-0.3, -0.25) is 4.79 Å². The maximum absolute atomic E-state index is 11.7. The van der Waals surface area contributed by atoms with Gasteiger partial charge >= 0.3 is 0 Å². The molecule has 0 spiro atoms. The monoisotopic (exact) mass is 272 g/mol. The molecule has 0 saturated heterocycles. The Hall–Kier alpha value is -1.76. The minimum Gasteiger partial charge on any atom is -0.508 e. The Morgan fingerprint density at radius 2 is 2.11 bits per heavy atom. The van der Waals surface area contributed by atoms with Crippen molar-refractivity contribution in [3.05, 3.63) is 23.8 Å². The third-order valence-electron chi connectivity index (χ3n) is 2.42. The molecule has 0 aromatic heterocycles. The molecule has 0 saturated carbocycles. The van der Waals surface area contributed by atoms with E-state index in [0.717, 1.165) is 0 Å². The zero-order valence-electron chi connectivity index (χ0n) is 10.0. The van der Waals surface area contributed by atoms with Gasteiger partial charge in [0.2, 0.25) is 0 Å². The maximum atomic E-state index is 11.7. The van der Waals surface area contributed by atoms with Crippen LogP contribution in [0.5, 0.6) is 5.75 Å². The van der Waals surface area contributed by atoms with Crippen LogP contribution in [-0.4, -0.2) is 37.5 Å². The third kappa shape index (κ3) is 3.92. The van der Waals surface area contributed by atoms with Crippen molar-refractivity contribution in [3.8, 4) is 5.75 Å². The standard InChI is InChI=1S/C11H16N2O4S/c1-2-18(16,17)6-5-13-11(15)9-7-8(14)3-4-10(9)12/h3-4,7,14H,2,5-6,12H2,1H3,(H,13,15). The molecule has 1 amide bonds. The van der Waals surface area contributed by atoms with Gasteiger partial charge in [0, 0.05) is 18.0 Å². The number of sulfone groups is 1. The van der Waals surface area contributed by atoms with E-state index in [9.17, 15) is 18.3 Å². The van der Waals surface area contributed by atoms with E-state index in [-0.39, 0.29) is 35.1 Å². The molecule has 1 aromatic rings. The first-order valence-electron chi connectivity index (χ1n) is 5.43. The van der Waals surface area contributed by atoms with E-state index in [0.29, 0.717) is 0 Å². The van der Waals surface area contributed by atoms with Gasteiger partial charge in [0.25, 0.3) is 5.91 Å². The fourth-order valence-electron chi connectivity index (χ4n) is 1.30. The number of nitrogens with two attached hydrogens (primary N) is 1. The predicted octanol–water partition coefficient (Wildman–Crippen LogP) is 0.139. The molecular weight excluding hydrogens is 256 g/mol. The number of nitrogen functional groups attached to an aromatic ring is 1. The highest BCUT2D eigenvalue weighted by molar-refractivity contribution is 7.91. The van der Waals surface area contributed by atoms with E-state index in [1.54, 1.807) is 6.92 Å². The minimum absolute atomic E-state index is 0.0180. The summed E-state index contributed by atoms with van der Waals surface area (Å²) in [4.78, 5) is 11.7. The number of anilines is 1. The molecule has 6 nitrogen and oxygen atoms in total. The summed E-state index contributed by atoms with van der Waals surface area (Å²) in [5.74, 6) is -0.657. The second-order valence-corrected chi connectivity index (χ2v) is 6.24. The molecule has 0 aliphatic rings. The van der Waals surface area contributed by atoms with Crippen molar-refractivity contribution in [2.24, 2.45) is 0 Å². The minimum atomic E-state index is -3.11.